The molecule has 0 radical (unpaired) electrons. The van der Waals surface area contributed by atoms with Gasteiger partial charge in [-0.25, -0.2) is 9.67 Å². The highest BCUT2D eigenvalue weighted by atomic mass is 16.1. The van der Waals surface area contributed by atoms with E-state index < -0.39 is 0 Å². The number of aryl methyl sites for hydroxylation is 2. The van der Waals surface area contributed by atoms with Crippen molar-refractivity contribution in [3.05, 3.63) is 47.0 Å². The molecule has 0 aliphatic carbocycles. The third-order valence-corrected chi connectivity index (χ3v) is 3.25. The third kappa shape index (κ3) is 3.32. The molecule has 1 aromatic carbocycles. The second kappa shape index (κ2) is 5.99. The lowest BCUT2D eigenvalue weighted by atomic mass is 10.00. The van der Waals surface area contributed by atoms with Crippen LogP contribution in [0.2, 0.25) is 0 Å². The van der Waals surface area contributed by atoms with Gasteiger partial charge in [-0.1, -0.05) is 31.5 Å². The molecule has 1 heterocycles. The molecular weight excluding hydrogens is 250 g/mol. The van der Waals surface area contributed by atoms with E-state index in [1.807, 2.05) is 36.7 Å². The van der Waals surface area contributed by atoms with Crippen molar-refractivity contribution in [2.75, 3.05) is 0 Å². The van der Waals surface area contributed by atoms with E-state index in [-0.39, 0.29) is 5.78 Å². The highest BCUT2D eigenvalue weighted by Gasteiger charge is 2.14. The van der Waals surface area contributed by atoms with E-state index in [1.54, 1.807) is 0 Å². The zero-order valence-electron chi connectivity index (χ0n) is 12.6. The molecule has 106 valence electrons. The van der Waals surface area contributed by atoms with Gasteiger partial charge in [0.05, 0.1) is 6.42 Å². The molecular formula is C16H21N3O. The molecule has 0 aliphatic rings. The molecule has 4 heteroatoms. The first-order chi connectivity index (χ1) is 9.47. The van der Waals surface area contributed by atoms with E-state index in [0.29, 0.717) is 12.3 Å². The predicted octanol–water partition coefficient (Wildman–Crippen LogP) is 2.98. The van der Waals surface area contributed by atoms with Gasteiger partial charge >= 0.3 is 0 Å². The lowest BCUT2D eigenvalue weighted by Crippen LogP contribution is -2.15. The van der Waals surface area contributed by atoms with Gasteiger partial charge in [-0.3, -0.25) is 4.79 Å². The molecule has 0 unspecified atom stereocenters. The summed E-state index contributed by atoms with van der Waals surface area (Å²) < 4.78 is 1.83. The summed E-state index contributed by atoms with van der Waals surface area (Å²) in [5, 5.41) is 4.20. The van der Waals surface area contributed by atoms with Crippen molar-refractivity contribution in [2.24, 2.45) is 5.92 Å². The normalized spacial score (nSPS) is 11.1. The Morgan fingerprint density at radius 2 is 2.05 bits per heavy atom. The van der Waals surface area contributed by atoms with Crippen molar-refractivity contribution in [3.8, 4) is 0 Å². The van der Waals surface area contributed by atoms with E-state index in [9.17, 15) is 4.79 Å². The van der Waals surface area contributed by atoms with Crippen LogP contribution in [-0.4, -0.2) is 20.5 Å². The summed E-state index contributed by atoms with van der Waals surface area (Å²) in [6.07, 6.45) is 1.82. The van der Waals surface area contributed by atoms with Crippen molar-refractivity contribution in [3.63, 3.8) is 0 Å². The van der Waals surface area contributed by atoms with E-state index in [0.717, 1.165) is 29.1 Å². The van der Waals surface area contributed by atoms with Crippen LogP contribution in [0.1, 0.15) is 41.2 Å². The fourth-order valence-electron chi connectivity index (χ4n) is 2.20. The molecule has 0 saturated heterocycles. The number of aromatic nitrogens is 3. The fraction of sp³-hybridized carbons (Fsp3) is 0.438. The van der Waals surface area contributed by atoms with Crippen LogP contribution in [0.4, 0.5) is 0 Å². The quantitative estimate of drug-likeness (QED) is 0.785. The SMILES string of the molecule is Cc1ccc(C)c(C(=O)Cc2ncnn2CC(C)C)c1. The monoisotopic (exact) mass is 271 g/mol. The number of hydrogen-bond donors (Lipinski definition) is 0. The minimum absolute atomic E-state index is 0.101. The Morgan fingerprint density at radius 3 is 2.75 bits per heavy atom. The van der Waals surface area contributed by atoms with E-state index in [2.05, 4.69) is 23.9 Å². The molecule has 0 atom stereocenters. The van der Waals surface area contributed by atoms with Crippen LogP contribution in [0, 0.1) is 19.8 Å². The molecule has 0 amide bonds. The first-order valence-electron chi connectivity index (χ1n) is 6.94. The van der Waals surface area contributed by atoms with Gasteiger partial charge in [0.1, 0.15) is 12.2 Å². The van der Waals surface area contributed by atoms with Crippen molar-refractivity contribution in [1.82, 2.24) is 14.8 Å². The fourth-order valence-corrected chi connectivity index (χ4v) is 2.20. The number of rotatable bonds is 5. The molecule has 1 aromatic heterocycles. The molecule has 0 N–H and O–H groups in total. The summed E-state index contributed by atoms with van der Waals surface area (Å²) in [4.78, 5) is 16.7. The second-order valence-corrected chi connectivity index (χ2v) is 5.67. The standard InChI is InChI=1S/C16H21N3O/c1-11(2)9-19-16(17-10-18-19)8-15(20)14-7-12(3)5-6-13(14)4/h5-7,10-11H,8-9H2,1-4H3. The zero-order chi connectivity index (χ0) is 14.7. The maximum atomic E-state index is 12.4. The molecule has 0 saturated carbocycles. The van der Waals surface area contributed by atoms with Crippen LogP contribution < -0.4 is 0 Å². The number of Topliss-reactive ketones (excluding diaryl/α,β-unsaturated/α-hetero) is 1. The Kier molecular flexibility index (Phi) is 4.32. The van der Waals surface area contributed by atoms with Crippen LogP contribution in [0.3, 0.4) is 0 Å². The maximum Gasteiger partial charge on any atom is 0.170 e. The Bertz CT molecular complexity index is 614. The summed E-state index contributed by atoms with van der Waals surface area (Å²) in [6, 6.07) is 5.95. The average molecular weight is 271 g/mol. The molecule has 0 fully saturated rings. The summed E-state index contributed by atoms with van der Waals surface area (Å²) in [7, 11) is 0. The largest absolute Gasteiger partial charge is 0.294 e. The number of nitrogens with zero attached hydrogens (tertiary/aromatic N) is 3. The van der Waals surface area contributed by atoms with Crippen molar-refractivity contribution < 1.29 is 4.79 Å². The van der Waals surface area contributed by atoms with Crippen LogP contribution in [0.5, 0.6) is 0 Å². The minimum atomic E-state index is 0.101. The second-order valence-electron chi connectivity index (χ2n) is 5.67. The Hall–Kier alpha value is -1.97. The van der Waals surface area contributed by atoms with Gasteiger partial charge in [0.25, 0.3) is 0 Å². The molecule has 0 spiro atoms. The molecule has 20 heavy (non-hydrogen) atoms. The van der Waals surface area contributed by atoms with Crippen molar-refractivity contribution >= 4 is 5.78 Å². The summed E-state index contributed by atoms with van der Waals surface area (Å²) in [6.45, 7) is 8.99. The van der Waals surface area contributed by atoms with Crippen molar-refractivity contribution in [1.29, 1.82) is 0 Å². The number of carbonyl (C=O) groups is 1. The molecule has 2 aromatic rings. The van der Waals surface area contributed by atoms with Gasteiger partial charge in [-0.05, 0) is 31.4 Å². The molecule has 4 nitrogen and oxygen atoms in total. The van der Waals surface area contributed by atoms with E-state index in [1.165, 1.54) is 6.33 Å². The smallest absolute Gasteiger partial charge is 0.170 e. The Labute approximate surface area is 119 Å². The zero-order valence-corrected chi connectivity index (χ0v) is 12.6. The minimum Gasteiger partial charge on any atom is -0.294 e. The van der Waals surface area contributed by atoms with Gasteiger partial charge in [0, 0.05) is 12.1 Å². The maximum absolute atomic E-state index is 12.4. The molecule has 0 bridgehead atoms. The average Bonchev–Trinajstić information content (AvgIpc) is 2.78. The Balaban J connectivity index is 2.20. The number of benzene rings is 1. The number of ketones is 1. The predicted molar refractivity (Wildman–Crippen MR) is 78.8 cm³/mol. The van der Waals surface area contributed by atoms with Crippen LogP contribution >= 0.6 is 0 Å². The van der Waals surface area contributed by atoms with Gasteiger partial charge in [0.15, 0.2) is 5.78 Å². The van der Waals surface area contributed by atoms with Gasteiger partial charge in [0.2, 0.25) is 0 Å². The lowest BCUT2D eigenvalue weighted by Gasteiger charge is -2.09. The van der Waals surface area contributed by atoms with Crippen LogP contribution in [-0.2, 0) is 13.0 Å². The van der Waals surface area contributed by atoms with E-state index >= 15 is 0 Å². The van der Waals surface area contributed by atoms with Gasteiger partial charge in [-0.15, -0.1) is 0 Å². The van der Waals surface area contributed by atoms with E-state index in [4.69, 9.17) is 0 Å². The highest BCUT2D eigenvalue weighted by molar-refractivity contribution is 5.98. The summed E-state index contributed by atoms with van der Waals surface area (Å²) in [5.41, 5.74) is 2.89. The van der Waals surface area contributed by atoms with Gasteiger partial charge < -0.3 is 0 Å². The topological polar surface area (TPSA) is 47.8 Å². The van der Waals surface area contributed by atoms with Gasteiger partial charge in [-0.2, -0.15) is 5.10 Å². The summed E-state index contributed by atoms with van der Waals surface area (Å²) in [5.74, 6) is 1.32. The first-order valence-corrected chi connectivity index (χ1v) is 6.94. The Morgan fingerprint density at radius 1 is 1.30 bits per heavy atom. The first kappa shape index (κ1) is 14.4. The molecule has 2 rings (SSSR count). The molecule has 0 aliphatic heterocycles. The summed E-state index contributed by atoms with van der Waals surface area (Å²) >= 11 is 0. The number of carbonyl (C=O) groups excluding carboxylic acids is 1. The van der Waals surface area contributed by atoms with Crippen LogP contribution in [0.15, 0.2) is 24.5 Å². The third-order valence-electron chi connectivity index (χ3n) is 3.25. The number of hydrogen-bond acceptors (Lipinski definition) is 3. The highest BCUT2D eigenvalue weighted by Crippen LogP contribution is 2.14. The van der Waals surface area contributed by atoms with Crippen molar-refractivity contribution in [2.45, 2.75) is 40.7 Å². The lowest BCUT2D eigenvalue weighted by molar-refractivity contribution is 0.0988. The van der Waals surface area contributed by atoms with Crippen LogP contribution in [0.25, 0.3) is 0 Å².